The minimum absolute atomic E-state index is 0.159. The lowest BCUT2D eigenvalue weighted by Crippen LogP contribution is -2.16. The molecule has 160 valence electrons. The van der Waals surface area contributed by atoms with Gasteiger partial charge in [0.05, 0.1) is 18.4 Å². The third-order valence-electron chi connectivity index (χ3n) is 4.90. The highest BCUT2D eigenvalue weighted by molar-refractivity contribution is 7.99. The van der Waals surface area contributed by atoms with Crippen LogP contribution in [0.15, 0.2) is 10.5 Å². The number of aryl methyl sites for hydroxylation is 2. The van der Waals surface area contributed by atoms with Crippen LogP contribution in [0.3, 0.4) is 0 Å². The zero-order valence-electron chi connectivity index (χ0n) is 17.8. The van der Waals surface area contributed by atoms with Gasteiger partial charge in [-0.05, 0) is 38.3 Å². The van der Waals surface area contributed by atoms with Gasteiger partial charge in [0.2, 0.25) is 5.91 Å². The molecule has 0 saturated carbocycles. The fourth-order valence-electron chi connectivity index (χ4n) is 3.11. The summed E-state index contributed by atoms with van der Waals surface area (Å²) in [4.78, 5) is 27.0. The van der Waals surface area contributed by atoms with Crippen LogP contribution in [0.5, 0.6) is 0 Å². The van der Waals surface area contributed by atoms with Gasteiger partial charge in [0.25, 0.3) is 0 Å². The molecule has 0 atom stereocenters. The highest BCUT2D eigenvalue weighted by atomic mass is 32.2. The molecule has 1 amide bonds. The third-order valence-corrected chi connectivity index (χ3v) is 8.00. The summed E-state index contributed by atoms with van der Waals surface area (Å²) in [5.74, 6) is 0.306. The Morgan fingerprint density at radius 1 is 1.23 bits per heavy atom. The predicted molar refractivity (Wildman–Crippen MR) is 123 cm³/mol. The van der Waals surface area contributed by atoms with Crippen LogP contribution in [-0.4, -0.2) is 39.5 Å². The van der Waals surface area contributed by atoms with Gasteiger partial charge in [-0.3, -0.25) is 4.79 Å². The van der Waals surface area contributed by atoms with Crippen molar-refractivity contribution in [1.29, 1.82) is 0 Å². The van der Waals surface area contributed by atoms with Crippen LogP contribution in [0.25, 0.3) is 11.4 Å². The van der Waals surface area contributed by atoms with Gasteiger partial charge in [-0.15, -0.1) is 32.9 Å². The van der Waals surface area contributed by atoms with Crippen molar-refractivity contribution in [2.75, 3.05) is 18.2 Å². The van der Waals surface area contributed by atoms with E-state index in [0.717, 1.165) is 21.8 Å². The van der Waals surface area contributed by atoms with Crippen molar-refractivity contribution in [2.24, 2.45) is 7.05 Å². The minimum atomic E-state index is -0.432. The van der Waals surface area contributed by atoms with Crippen LogP contribution in [0.4, 0.5) is 5.00 Å². The normalized spacial score (nSPS) is 11.0. The van der Waals surface area contributed by atoms with Crippen molar-refractivity contribution in [1.82, 2.24) is 14.8 Å². The van der Waals surface area contributed by atoms with Crippen LogP contribution in [0.2, 0.25) is 0 Å². The number of anilines is 1. The molecule has 0 fully saturated rings. The number of ether oxygens (including phenoxy) is 1. The van der Waals surface area contributed by atoms with Gasteiger partial charge in [0, 0.05) is 27.7 Å². The lowest BCUT2D eigenvalue weighted by atomic mass is 10.1. The second-order valence-corrected chi connectivity index (χ2v) is 9.97. The second-order valence-electron chi connectivity index (χ2n) is 6.72. The highest BCUT2D eigenvalue weighted by Crippen LogP contribution is 2.34. The van der Waals surface area contributed by atoms with Gasteiger partial charge in [-0.1, -0.05) is 18.7 Å². The Morgan fingerprint density at radius 2 is 1.97 bits per heavy atom. The van der Waals surface area contributed by atoms with E-state index in [4.69, 9.17) is 4.74 Å². The van der Waals surface area contributed by atoms with Crippen LogP contribution in [-0.2, 0) is 23.0 Å². The summed E-state index contributed by atoms with van der Waals surface area (Å²) in [6.07, 6.45) is 0.695. The average Bonchev–Trinajstić information content (AvgIpc) is 3.35. The number of rotatable bonds is 7. The molecule has 0 unspecified atom stereocenters. The number of hydrogen-bond donors (Lipinski definition) is 1. The van der Waals surface area contributed by atoms with E-state index in [1.54, 1.807) is 11.3 Å². The molecular formula is C20H24N4O3S3. The zero-order valence-corrected chi connectivity index (χ0v) is 20.2. The van der Waals surface area contributed by atoms with E-state index < -0.39 is 5.97 Å². The first-order valence-electron chi connectivity index (χ1n) is 9.36. The Labute approximate surface area is 187 Å². The Hall–Kier alpha value is -2.17. The number of amides is 1. The Morgan fingerprint density at radius 3 is 2.57 bits per heavy atom. The molecule has 3 rings (SSSR count). The summed E-state index contributed by atoms with van der Waals surface area (Å²) in [6, 6.07) is 0. The van der Waals surface area contributed by atoms with Crippen molar-refractivity contribution < 1.29 is 14.3 Å². The predicted octanol–water partition coefficient (Wildman–Crippen LogP) is 4.61. The second kappa shape index (κ2) is 9.32. The van der Waals surface area contributed by atoms with E-state index in [1.807, 2.05) is 25.5 Å². The SMILES string of the molecule is CCc1c(C)sc(NC(=O)CSc2nnc(-c3csc(C)c3C)n2C)c1C(=O)OC. The molecule has 0 bridgehead atoms. The first-order valence-corrected chi connectivity index (χ1v) is 12.0. The van der Waals surface area contributed by atoms with Gasteiger partial charge in [0.1, 0.15) is 5.00 Å². The number of thiophene rings is 2. The number of esters is 1. The molecule has 0 radical (unpaired) electrons. The number of carbonyl (C=O) groups is 2. The van der Waals surface area contributed by atoms with Crippen LogP contribution in [0, 0.1) is 20.8 Å². The van der Waals surface area contributed by atoms with Crippen LogP contribution >= 0.6 is 34.4 Å². The molecule has 3 aromatic heterocycles. The molecule has 0 aliphatic carbocycles. The largest absolute Gasteiger partial charge is 0.465 e. The number of hydrogen-bond acceptors (Lipinski definition) is 8. The number of nitrogens with one attached hydrogen (secondary N) is 1. The van der Waals surface area contributed by atoms with E-state index in [-0.39, 0.29) is 11.7 Å². The number of thioether (sulfide) groups is 1. The fraction of sp³-hybridized carbons (Fsp3) is 0.400. The molecule has 30 heavy (non-hydrogen) atoms. The van der Waals surface area contributed by atoms with Gasteiger partial charge < -0.3 is 14.6 Å². The molecule has 10 heteroatoms. The molecule has 3 heterocycles. The van der Waals surface area contributed by atoms with E-state index in [9.17, 15) is 9.59 Å². The van der Waals surface area contributed by atoms with E-state index >= 15 is 0 Å². The van der Waals surface area contributed by atoms with Crippen molar-refractivity contribution in [3.05, 3.63) is 31.8 Å². The maximum absolute atomic E-state index is 12.6. The summed E-state index contributed by atoms with van der Waals surface area (Å²) in [5.41, 5.74) is 3.62. The molecule has 1 N–H and O–H groups in total. The zero-order chi connectivity index (χ0) is 22.0. The van der Waals surface area contributed by atoms with Crippen LogP contribution < -0.4 is 5.32 Å². The lowest BCUT2D eigenvalue weighted by molar-refractivity contribution is -0.113. The van der Waals surface area contributed by atoms with Gasteiger partial charge in [-0.2, -0.15) is 0 Å². The molecule has 7 nitrogen and oxygen atoms in total. The summed E-state index contributed by atoms with van der Waals surface area (Å²) in [6.45, 7) is 8.07. The monoisotopic (exact) mass is 464 g/mol. The first-order chi connectivity index (χ1) is 14.3. The lowest BCUT2D eigenvalue weighted by Gasteiger charge is -2.07. The fourth-order valence-corrected chi connectivity index (χ4v) is 5.84. The van der Waals surface area contributed by atoms with Gasteiger partial charge in [-0.25, -0.2) is 4.79 Å². The van der Waals surface area contributed by atoms with Gasteiger partial charge in [0.15, 0.2) is 11.0 Å². The average molecular weight is 465 g/mol. The molecule has 3 aromatic rings. The maximum Gasteiger partial charge on any atom is 0.341 e. The topological polar surface area (TPSA) is 86.1 Å². The molecule has 0 spiro atoms. The Kier molecular flexibility index (Phi) is 6.99. The first kappa shape index (κ1) is 22.5. The third kappa shape index (κ3) is 4.30. The summed E-state index contributed by atoms with van der Waals surface area (Å²) < 4.78 is 6.81. The smallest absolute Gasteiger partial charge is 0.341 e. The molecular weight excluding hydrogens is 440 g/mol. The summed E-state index contributed by atoms with van der Waals surface area (Å²) >= 11 is 4.39. The Bertz CT molecular complexity index is 1100. The quantitative estimate of drug-likeness (QED) is 0.406. The number of methoxy groups -OCH3 is 1. The van der Waals surface area contributed by atoms with Crippen molar-refractivity contribution >= 4 is 51.3 Å². The molecule has 0 saturated heterocycles. The van der Waals surface area contributed by atoms with E-state index in [2.05, 4.69) is 34.7 Å². The van der Waals surface area contributed by atoms with Crippen LogP contribution in [0.1, 0.15) is 38.2 Å². The van der Waals surface area contributed by atoms with Crippen molar-refractivity contribution in [3.63, 3.8) is 0 Å². The van der Waals surface area contributed by atoms with E-state index in [0.29, 0.717) is 22.1 Å². The maximum atomic E-state index is 12.6. The molecule has 0 aliphatic heterocycles. The van der Waals surface area contributed by atoms with Gasteiger partial charge >= 0.3 is 5.97 Å². The Balaban J connectivity index is 1.72. The summed E-state index contributed by atoms with van der Waals surface area (Å²) in [7, 11) is 3.24. The molecule has 0 aliphatic rings. The standard InChI is InChI=1S/C20H24N4O3S3/c1-7-13-12(4)30-18(16(13)19(26)27-6)21-15(25)9-29-20-23-22-17(24(20)5)14-8-28-11(3)10(14)2/h8H,7,9H2,1-6H3,(H,21,25). The highest BCUT2D eigenvalue weighted by Gasteiger charge is 2.23. The number of carbonyl (C=O) groups excluding carboxylic acids is 2. The number of aromatic nitrogens is 3. The van der Waals surface area contributed by atoms with E-state index in [1.165, 1.54) is 40.6 Å². The van der Waals surface area contributed by atoms with Crippen molar-refractivity contribution in [3.8, 4) is 11.4 Å². The van der Waals surface area contributed by atoms with Crippen molar-refractivity contribution in [2.45, 2.75) is 39.3 Å². The minimum Gasteiger partial charge on any atom is -0.465 e. The number of nitrogens with zero attached hydrogens (tertiary/aromatic N) is 3. The molecule has 0 aromatic carbocycles. The summed E-state index contributed by atoms with van der Waals surface area (Å²) in [5, 5.41) is 14.7.